The second-order valence-corrected chi connectivity index (χ2v) is 5.29. The number of aryl methyl sites for hydroxylation is 1. The van der Waals surface area contributed by atoms with Crippen molar-refractivity contribution < 1.29 is 0 Å². The minimum Gasteiger partial charge on any atom is -0.365 e. The Hall–Kier alpha value is -0.570. The molecule has 1 aromatic heterocycles. The van der Waals surface area contributed by atoms with Gasteiger partial charge in [0.1, 0.15) is 5.82 Å². The number of nitrogens with one attached hydrogen (secondary N) is 1. The Balaban J connectivity index is 2.13. The maximum Gasteiger partial charge on any atom is 0.126 e. The summed E-state index contributed by atoms with van der Waals surface area (Å²) in [5, 5.41) is 3.58. The first-order valence-electron chi connectivity index (χ1n) is 5.55. The summed E-state index contributed by atoms with van der Waals surface area (Å²) in [5.41, 5.74) is 1.56. The van der Waals surface area contributed by atoms with E-state index < -0.39 is 0 Å². The van der Waals surface area contributed by atoms with Gasteiger partial charge in [0.15, 0.2) is 0 Å². The average Bonchev–Trinajstić information content (AvgIpc) is 2.17. The standard InChI is InChI=1S/C12H17BrN2/c1-3-12(5-4-6-12)15-11-7-9(2)10(13)8-14-11/h7-8H,3-6H2,1-2H3,(H,14,15). The van der Waals surface area contributed by atoms with E-state index in [9.17, 15) is 0 Å². The van der Waals surface area contributed by atoms with Crippen molar-refractivity contribution in [3.05, 3.63) is 22.3 Å². The second-order valence-electron chi connectivity index (χ2n) is 4.43. The SMILES string of the molecule is CCC1(Nc2cc(C)c(Br)cn2)CCC1. The van der Waals surface area contributed by atoms with E-state index >= 15 is 0 Å². The highest BCUT2D eigenvalue weighted by Gasteiger charge is 2.35. The van der Waals surface area contributed by atoms with Crippen LogP contribution in [0.15, 0.2) is 16.7 Å². The highest BCUT2D eigenvalue weighted by atomic mass is 79.9. The average molecular weight is 269 g/mol. The first kappa shape index (κ1) is 10.9. The van der Waals surface area contributed by atoms with Crippen LogP contribution in [0.25, 0.3) is 0 Å². The van der Waals surface area contributed by atoms with E-state index in [2.05, 4.69) is 46.1 Å². The van der Waals surface area contributed by atoms with Crippen LogP contribution in [0.4, 0.5) is 5.82 Å². The van der Waals surface area contributed by atoms with Crippen LogP contribution >= 0.6 is 15.9 Å². The maximum atomic E-state index is 4.40. The molecule has 0 aromatic carbocycles. The van der Waals surface area contributed by atoms with Gasteiger partial charge in [-0.25, -0.2) is 4.98 Å². The highest BCUT2D eigenvalue weighted by molar-refractivity contribution is 9.10. The minimum atomic E-state index is 0.327. The molecule has 1 aromatic rings. The van der Waals surface area contributed by atoms with Gasteiger partial charge in [-0.15, -0.1) is 0 Å². The van der Waals surface area contributed by atoms with Gasteiger partial charge in [-0.1, -0.05) is 6.92 Å². The first-order valence-corrected chi connectivity index (χ1v) is 6.35. The largest absolute Gasteiger partial charge is 0.365 e. The van der Waals surface area contributed by atoms with Gasteiger partial charge in [-0.3, -0.25) is 0 Å². The molecule has 1 aliphatic rings. The molecule has 0 unspecified atom stereocenters. The smallest absolute Gasteiger partial charge is 0.126 e. The molecule has 0 spiro atoms. The molecule has 1 fully saturated rings. The lowest BCUT2D eigenvalue weighted by atomic mass is 9.75. The quantitative estimate of drug-likeness (QED) is 0.900. The van der Waals surface area contributed by atoms with E-state index in [1.165, 1.54) is 31.2 Å². The molecule has 1 saturated carbocycles. The Bertz CT molecular complexity index is 353. The molecule has 82 valence electrons. The summed E-state index contributed by atoms with van der Waals surface area (Å²) in [4.78, 5) is 4.40. The van der Waals surface area contributed by atoms with Gasteiger partial charge in [-0.2, -0.15) is 0 Å². The van der Waals surface area contributed by atoms with Crippen molar-refractivity contribution in [2.75, 3.05) is 5.32 Å². The monoisotopic (exact) mass is 268 g/mol. The molecule has 3 heteroatoms. The Labute approximate surface area is 99.6 Å². The molecule has 0 radical (unpaired) electrons. The Morgan fingerprint density at radius 3 is 2.73 bits per heavy atom. The number of anilines is 1. The number of hydrogen-bond donors (Lipinski definition) is 1. The van der Waals surface area contributed by atoms with Crippen LogP contribution in [0.2, 0.25) is 0 Å². The fourth-order valence-corrected chi connectivity index (χ4v) is 2.27. The van der Waals surface area contributed by atoms with Crippen LogP contribution < -0.4 is 5.32 Å². The topological polar surface area (TPSA) is 24.9 Å². The van der Waals surface area contributed by atoms with Crippen molar-refractivity contribution in [2.24, 2.45) is 0 Å². The van der Waals surface area contributed by atoms with Gasteiger partial charge >= 0.3 is 0 Å². The van der Waals surface area contributed by atoms with Crippen molar-refractivity contribution in [3.8, 4) is 0 Å². The van der Waals surface area contributed by atoms with E-state index in [-0.39, 0.29) is 0 Å². The van der Waals surface area contributed by atoms with Gasteiger partial charge in [0.25, 0.3) is 0 Å². The molecule has 1 heterocycles. The number of nitrogens with zero attached hydrogens (tertiary/aromatic N) is 1. The molecule has 1 N–H and O–H groups in total. The van der Waals surface area contributed by atoms with Crippen molar-refractivity contribution in [2.45, 2.75) is 45.1 Å². The van der Waals surface area contributed by atoms with Gasteiger partial charge in [0.2, 0.25) is 0 Å². The number of hydrogen-bond acceptors (Lipinski definition) is 2. The molecular formula is C12H17BrN2. The molecule has 1 aliphatic carbocycles. The predicted molar refractivity (Wildman–Crippen MR) is 67.2 cm³/mol. The van der Waals surface area contributed by atoms with Crippen molar-refractivity contribution in [1.82, 2.24) is 4.98 Å². The van der Waals surface area contributed by atoms with Gasteiger partial charge in [-0.05, 0) is 60.2 Å². The van der Waals surface area contributed by atoms with Gasteiger partial charge < -0.3 is 5.32 Å². The zero-order valence-electron chi connectivity index (χ0n) is 9.31. The molecule has 0 bridgehead atoms. The van der Waals surface area contributed by atoms with Crippen LogP contribution in [-0.2, 0) is 0 Å². The fourth-order valence-electron chi connectivity index (χ4n) is 2.05. The van der Waals surface area contributed by atoms with E-state index in [4.69, 9.17) is 0 Å². The van der Waals surface area contributed by atoms with Crippen molar-refractivity contribution in [3.63, 3.8) is 0 Å². The molecule has 2 nitrogen and oxygen atoms in total. The first-order chi connectivity index (χ1) is 7.15. The van der Waals surface area contributed by atoms with Gasteiger partial charge in [0.05, 0.1) is 0 Å². The lowest BCUT2D eigenvalue weighted by molar-refractivity contribution is 0.269. The minimum absolute atomic E-state index is 0.327. The fraction of sp³-hybridized carbons (Fsp3) is 0.583. The molecule has 15 heavy (non-hydrogen) atoms. The summed E-state index contributed by atoms with van der Waals surface area (Å²) in [6.07, 6.45) is 6.96. The summed E-state index contributed by atoms with van der Waals surface area (Å²) in [6.45, 7) is 4.34. The molecule has 0 atom stereocenters. The van der Waals surface area contributed by atoms with E-state index in [0.717, 1.165) is 10.3 Å². The van der Waals surface area contributed by atoms with Crippen molar-refractivity contribution >= 4 is 21.7 Å². The van der Waals surface area contributed by atoms with Crippen molar-refractivity contribution in [1.29, 1.82) is 0 Å². The molecule has 0 amide bonds. The van der Waals surface area contributed by atoms with E-state index in [1.54, 1.807) is 0 Å². The summed E-state index contributed by atoms with van der Waals surface area (Å²) in [5.74, 6) is 1.01. The zero-order valence-corrected chi connectivity index (χ0v) is 10.9. The molecule has 2 rings (SSSR count). The summed E-state index contributed by atoms with van der Waals surface area (Å²) < 4.78 is 1.08. The van der Waals surface area contributed by atoms with Gasteiger partial charge in [0, 0.05) is 16.2 Å². The number of pyridine rings is 1. The van der Waals surface area contributed by atoms with E-state index in [0.29, 0.717) is 5.54 Å². The number of halogens is 1. The third-order valence-corrected chi connectivity index (χ3v) is 4.26. The number of aromatic nitrogens is 1. The van der Waals surface area contributed by atoms with E-state index in [1.807, 2.05) is 6.20 Å². The molecule has 0 aliphatic heterocycles. The highest BCUT2D eigenvalue weighted by Crippen LogP contribution is 2.37. The molecular weight excluding hydrogens is 252 g/mol. The van der Waals surface area contributed by atoms with Crippen LogP contribution in [0.5, 0.6) is 0 Å². The zero-order chi connectivity index (χ0) is 10.9. The van der Waals surface area contributed by atoms with Crippen LogP contribution in [0.1, 0.15) is 38.2 Å². The number of rotatable bonds is 3. The lowest BCUT2D eigenvalue weighted by Crippen LogP contribution is -2.44. The second kappa shape index (κ2) is 4.12. The summed E-state index contributed by atoms with van der Waals surface area (Å²) in [7, 11) is 0. The third kappa shape index (κ3) is 2.17. The summed E-state index contributed by atoms with van der Waals surface area (Å²) in [6, 6.07) is 2.11. The lowest BCUT2D eigenvalue weighted by Gasteiger charge is -2.42. The summed E-state index contributed by atoms with van der Waals surface area (Å²) >= 11 is 3.47. The van der Waals surface area contributed by atoms with Crippen LogP contribution in [-0.4, -0.2) is 10.5 Å². The Kier molecular flexibility index (Phi) is 3.01. The normalized spacial score (nSPS) is 18.3. The molecule has 0 saturated heterocycles. The van der Waals surface area contributed by atoms with Crippen LogP contribution in [0.3, 0.4) is 0 Å². The maximum absolute atomic E-state index is 4.40. The Morgan fingerprint density at radius 1 is 1.53 bits per heavy atom. The third-order valence-electron chi connectivity index (χ3n) is 3.43. The predicted octanol–water partition coefficient (Wildman–Crippen LogP) is 3.90. The van der Waals surface area contributed by atoms with Crippen LogP contribution in [0, 0.1) is 6.92 Å². The Morgan fingerprint density at radius 2 is 2.27 bits per heavy atom.